The molecule has 0 amide bonds. The lowest BCUT2D eigenvalue weighted by molar-refractivity contribution is -0.157. The Labute approximate surface area is 127 Å². The van der Waals surface area contributed by atoms with Gasteiger partial charge in [0.15, 0.2) is 0 Å². The van der Waals surface area contributed by atoms with Gasteiger partial charge in [0, 0.05) is 46.1 Å². The van der Waals surface area contributed by atoms with Crippen LogP contribution in [0.25, 0.3) is 0 Å². The van der Waals surface area contributed by atoms with Crippen LogP contribution in [0.4, 0.5) is 0 Å². The monoisotopic (exact) mass is 303 g/mol. The molecule has 0 spiro atoms. The van der Waals surface area contributed by atoms with Crippen molar-refractivity contribution in [2.75, 3.05) is 59.3 Å². The van der Waals surface area contributed by atoms with Crippen LogP contribution in [0.1, 0.15) is 26.7 Å². The van der Waals surface area contributed by atoms with Crippen molar-refractivity contribution in [1.82, 2.24) is 4.90 Å². The summed E-state index contributed by atoms with van der Waals surface area (Å²) in [4.78, 5) is 13.9. The summed E-state index contributed by atoms with van der Waals surface area (Å²) in [6.07, 6.45) is 1.14. The molecule has 1 N–H and O–H groups in total. The van der Waals surface area contributed by atoms with Crippen LogP contribution in [0.5, 0.6) is 0 Å². The molecule has 1 saturated heterocycles. The number of aliphatic carboxylic acids is 1. The van der Waals surface area contributed by atoms with E-state index >= 15 is 0 Å². The maximum absolute atomic E-state index is 11.7. The van der Waals surface area contributed by atoms with Gasteiger partial charge >= 0.3 is 5.97 Å². The van der Waals surface area contributed by atoms with Gasteiger partial charge in [-0.2, -0.15) is 0 Å². The van der Waals surface area contributed by atoms with Crippen molar-refractivity contribution >= 4 is 5.97 Å². The van der Waals surface area contributed by atoms with E-state index < -0.39 is 11.4 Å². The zero-order chi connectivity index (χ0) is 15.6. The quantitative estimate of drug-likeness (QED) is 0.579. The number of hydrogen-bond acceptors (Lipinski definition) is 5. The Bertz CT molecular complexity index is 282. The first kappa shape index (κ1) is 18.4. The Morgan fingerprint density at radius 3 is 2.10 bits per heavy atom. The number of hydrogen-bond donors (Lipinski definition) is 1. The molecule has 1 rings (SSSR count). The number of rotatable bonds is 11. The lowest BCUT2D eigenvalue weighted by Gasteiger charge is -2.37. The van der Waals surface area contributed by atoms with E-state index in [9.17, 15) is 9.90 Å². The van der Waals surface area contributed by atoms with Crippen molar-refractivity contribution in [2.24, 2.45) is 5.41 Å². The van der Waals surface area contributed by atoms with E-state index in [4.69, 9.17) is 14.2 Å². The van der Waals surface area contributed by atoms with Gasteiger partial charge in [0.1, 0.15) is 0 Å². The molecule has 0 atom stereocenters. The van der Waals surface area contributed by atoms with Crippen LogP contribution in [0.15, 0.2) is 0 Å². The number of carboxylic acid groups (broad SMARTS) is 1. The van der Waals surface area contributed by atoms with Gasteiger partial charge in [-0.25, -0.2) is 0 Å². The van der Waals surface area contributed by atoms with Gasteiger partial charge in [0.05, 0.1) is 18.6 Å². The van der Waals surface area contributed by atoms with Gasteiger partial charge in [0.25, 0.3) is 0 Å². The minimum absolute atomic E-state index is 0.525. The van der Waals surface area contributed by atoms with E-state index in [2.05, 4.69) is 4.90 Å². The van der Waals surface area contributed by atoms with Crippen molar-refractivity contribution in [1.29, 1.82) is 0 Å². The van der Waals surface area contributed by atoms with Crippen LogP contribution in [-0.2, 0) is 19.0 Å². The Balaban J connectivity index is 2.59. The van der Waals surface area contributed by atoms with Crippen LogP contribution in [0, 0.1) is 5.41 Å². The number of ether oxygens (including phenoxy) is 3. The van der Waals surface area contributed by atoms with Crippen molar-refractivity contribution in [3.63, 3.8) is 0 Å². The highest BCUT2D eigenvalue weighted by Gasteiger charge is 2.41. The minimum atomic E-state index is -0.719. The molecule has 0 unspecified atom stereocenters. The van der Waals surface area contributed by atoms with Gasteiger partial charge in [-0.05, 0) is 26.7 Å². The maximum atomic E-state index is 11.7. The molecule has 6 heteroatoms. The second-order valence-corrected chi connectivity index (χ2v) is 5.37. The van der Waals surface area contributed by atoms with Crippen LogP contribution in [-0.4, -0.2) is 75.3 Å². The van der Waals surface area contributed by atoms with Gasteiger partial charge in [0.2, 0.25) is 0 Å². The molecular weight excluding hydrogens is 274 g/mol. The smallest absolute Gasteiger partial charge is 0.311 e. The molecule has 0 saturated carbocycles. The van der Waals surface area contributed by atoms with Crippen molar-refractivity contribution in [3.8, 4) is 0 Å². The van der Waals surface area contributed by atoms with E-state index in [1.54, 1.807) is 0 Å². The molecule has 0 aromatic rings. The molecule has 0 radical (unpaired) electrons. The highest BCUT2D eigenvalue weighted by Crippen LogP contribution is 2.31. The summed E-state index contributed by atoms with van der Waals surface area (Å²) < 4.78 is 16.1. The summed E-state index contributed by atoms with van der Waals surface area (Å²) in [5, 5.41) is 9.64. The molecule has 6 nitrogen and oxygen atoms in total. The van der Waals surface area contributed by atoms with E-state index in [1.165, 1.54) is 0 Å². The van der Waals surface area contributed by atoms with Gasteiger partial charge in [-0.3, -0.25) is 9.69 Å². The fourth-order valence-corrected chi connectivity index (χ4v) is 2.58. The summed E-state index contributed by atoms with van der Waals surface area (Å²) >= 11 is 0. The average molecular weight is 303 g/mol. The lowest BCUT2D eigenvalue weighted by atomic mass is 9.79. The second-order valence-electron chi connectivity index (χ2n) is 5.37. The standard InChI is InChI=1S/C15H29NO5/c1-3-19-11-7-16(8-12-20-4-2)13-15(14(17)18)5-9-21-10-6-15/h3-13H2,1-2H3,(H,17,18). The van der Waals surface area contributed by atoms with Gasteiger partial charge < -0.3 is 19.3 Å². The molecule has 0 aromatic carbocycles. The molecule has 0 aromatic heterocycles. The molecule has 1 fully saturated rings. The molecule has 21 heavy (non-hydrogen) atoms. The summed E-state index contributed by atoms with van der Waals surface area (Å²) in [5.74, 6) is -0.719. The average Bonchev–Trinajstić information content (AvgIpc) is 2.48. The molecule has 0 bridgehead atoms. The van der Waals surface area contributed by atoms with Crippen LogP contribution in [0.2, 0.25) is 0 Å². The lowest BCUT2D eigenvalue weighted by Crippen LogP contribution is -2.48. The van der Waals surface area contributed by atoms with E-state index in [-0.39, 0.29) is 0 Å². The predicted octanol–water partition coefficient (Wildman–Crippen LogP) is 1.24. The summed E-state index contributed by atoms with van der Waals surface area (Å²) in [6.45, 7) is 9.56. The Hall–Kier alpha value is -0.690. The zero-order valence-electron chi connectivity index (χ0n) is 13.3. The first-order valence-corrected chi connectivity index (χ1v) is 7.83. The zero-order valence-corrected chi connectivity index (χ0v) is 13.3. The maximum Gasteiger partial charge on any atom is 0.311 e. The molecule has 124 valence electrons. The topological polar surface area (TPSA) is 68.2 Å². The Morgan fingerprint density at radius 1 is 1.14 bits per heavy atom. The summed E-state index contributed by atoms with van der Waals surface area (Å²) in [7, 11) is 0. The van der Waals surface area contributed by atoms with Crippen molar-refractivity contribution in [2.45, 2.75) is 26.7 Å². The first-order valence-electron chi connectivity index (χ1n) is 7.83. The molecule has 1 aliphatic rings. The number of carboxylic acids is 1. The highest BCUT2D eigenvalue weighted by atomic mass is 16.5. The molecule has 0 aliphatic carbocycles. The second kappa shape index (κ2) is 10.1. The highest BCUT2D eigenvalue weighted by molar-refractivity contribution is 5.75. The van der Waals surface area contributed by atoms with Gasteiger partial charge in [-0.15, -0.1) is 0 Å². The molecule has 1 aliphatic heterocycles. The summed E-state index contributed by atoms with van der Waals surface area (Å²) in [6, 6.07) is 0. The Morgan fingerprint density at radius 2 is 1.67 bits per heavy atom. The van der Waals surface area contributed by atoms with E-state index in [0.717, 1.165) is 13.1 Å². The predicted molar refractivity (Wildman–Crippen MR) is 79.5 cm³/mol. The third-order valence-electron chi connectivity index (χ3n) is 3.94. The van der Waals surface area contributed by atoms with Gasteiger partial charge in [-0.1, -0.05) is 0 Å². The number of carbonyl (C=O) groups is 1. The first-order chi connectivity index (χ1) is 10.1. The van der Waals surface area contributed by atoms with Crippen LogP contribution < -0.4 is 0 Å². The SMILES string of the molecule is CCOCCN(CCOCC)CC1(C(=O)O)CCOCC1. The third-order valence-corrected chi connectivity index (χ3v) is 3.94. The fraction of sp³-hybridized carbons (Fsp3) is 0.933. The largest absolute Gasteiger partial charge is 0.481 e. The number of nitrogens with zero attached hydrogens (tertiary/aromatic N) is 1. The normalized spacial score (nSPS) is 18.0. The fourth-order valence-electron chi connectivity index (χ4n) is 2.58. The van der Waals surface area contributed by atoms with Crippen molar-refractivity contribution in [3.05, 3.63) is 0 Å². The van der Waals surface area contributed by atoms with Crippen LogP contribution in [0.3, 0.4) is 0 Å². The van der Waals surface area contributed by atoms with E-state index in [1.807, 2.05) is 13.8 Å². The molecular formula is C15H29NO5. The van der Waals surface area contributed by atoms with Crippen LogP contribution >= 0.6 is 0 Å². The summed E-state index contributed by atoms with van der Waals surface area (Å²) in [5.41, 5.74) is -0.698. The van der Waals surface area contributed by atoms with Crippen molar-refractivity contribution < 1.29 is 24.1 Å². The third kappa shape index (κ3) is 6.30. The minimum Gasteiger partial charge on any atom is -0.481 e. The molecule has 1 heterocycles. The Kier molecular flexibility index (Phi) is 8.84. The van der Waals surface area contributed by atoms with E-state index in [0.29, 0.717) is 59.0 Å².